The predicted octanol–water partition coefficient (Wildman–Crippen LogP) is 6.84. The van der Waals surface area contributed by atoms with E-state index in [2.05, 4.69) is 77.4 Å². The molecule has 0 atom stereocenters. The van der Waals surface area contributed by atoms with Crippen molar-refractivity contribution in [3.8, 4) is 22.8 Å². The van der Waals surface area contributed by atoms with Crippen molar-refractivity contribution in [2.75, 3.05) is 26.9 Å². The van der Waals surface area contributed by atoms with Gasteiger partial charge in [0.15, 0.2) is 0 Å². The summed E-state index contributed by atoms with van der Waals surface area (Å²) >= 11 is 0. The van der Waals surface area contributed by atoms with Gasteiger partial charge >= 0.3 is 0 Å². The van der Waals surface area contributed by atoms with Gasteiger partial charge < -0.3 is 23.5 Å². The normalized spacial score (nSPS) is 14.1. The summed E-state index contributed by atoms with van der Waals surface area (Å²) < 4.78 is 28.4. The van der Waals surface area contributed by atoms with Crippen molar-refractivity contribution in [1.29, 1.82) is 0 Å². The first-order valence-corrected chi connectivity index (χ1v) is 14.4. The number of hydrogen-bond acceptors (Lipinski definition) is 5. The van der Waals surface area contributed by atoms with Gasteiger partial charge in [0.1, 0.15) is 11.4 Å². The van der Waals surface area contributed by atoms with Gasteiger partial charge in [-0.1, -0.05) is 66.7 Å². The molecule has 0 N–H and O–H groups in total. The first-order valence-electron chi connectivity index (χ1n) is 14.4. The van der Waals surface area contributed by atoms with E-state index in [4.69, 9.17) is 24.0 Å². The third-order valence-corrected chi connectivity index (χ3v) is 7.76. The van der Waals surface area contributed by atoms with Crippen molar-refractivity contribution >= 4 is 21.7 Å². The molecule has 5 aromatic rings. The van der Waals surface area contributed by atoms with E-state index in [0.717, 1.165) is 53.2 Å². The smallest absolute Gasteiger partial charge is 0.219 e. The monoisotopic (exact) mass is 551 g/mol. The average Bonchev–Trinajstić information content (AvgIpc) is 3.47. The van der Waals surface area contributed by atoms with E-state index in [0.29, 0.717) is 33.0 Å². The Morgan fingerprint density at radius 3 is 2.68 bits per heavy atom. The van der Waals surface area contributed by atoms with Crippen LogP contribution in [-0.2, 0) is 42.7 Å². The van der Waals surface area contributed by atoms with Crippen LogP contribution >= 0.6 is 0 Å². The van der Waals surface area contributed by atoms with Gasteiger partial charge in [-0.2, -0.15) is 5.10 Å². The highest BCUT2D eigenvalue weighted by Gasteiger charge is 2.25. The summed E-state index contributed by atoms with van der Waals surface area (Å²) in [6, 6.07) is 21.1. The number of ether oxygens (including phenoxy) is 4. The van der Waals surface area contributed by atoms with E-state index in [9.17, 15) is 0 Å². The third-order valence-electron chi connectivity index (χ3n) is 7.76. The number of rotatable bonds is 9. The Balaban J connectivity index is 1.40. The van der Waals surface area contributed by atoms with Gasteiger partial charge in [-0.05, 0) is 36.8 Å². The van der Waals surface area contributed by atoms with E-state index in [1.165, 1.54) is 27.5 Å². The molecule has 212 valence electrons. The molecule has 41 heavy (non-hydrogen) atoms. The van der Waals surface area contributed by atoms with Gasteiger partial charge in [-0.25, -0.2) is 4.68 Å². The summed E-state index contributed by atoms with van der Waals surface area (Å²) in [6.45, 7) is 5.54. The molecule has 0 amide bonds. The quantitative estimate of drug-likeness (QED) is 0.148. The van der Waals surface area contributed by atoms with Crippen molar-refractivity contribution < 1.29 is 18.9 Å². The van der Waals surface area contributed by atoms with Gasteiger partial charge in [0, 0.05) is 42.2 Å². The molecule has 0 fully saturated rings. The highest BCUT2D eigenvalue weighted by molar-refractivity contribution is 5.99. The fourth-order valence-electron chi connectivity index (χ4n) is 5.97. The second kappa shape index (κ2) is 12.2. The maximum absolute atomic E-state index is 6.32. The highest BCUT2D eigenvalue weighted by atomic mass is 16.5. The van der Waals surface area contributed by atoms with Crippen LogP contribution in [0.15, 0.2) is 72.8 Å². The first-order chi connectivity index (χ1) is 20.2. The number of fused-ring (bicyclic) bond motifs is 3. The van der Waals surface area contributed by atoms with E-state index >= 15 is 0 Å². The molecule has 1 aliphatic rings. The van der Waals surface area contributed by atoms with Crippen LogP contribution in [-0.4, -0.2) is 41.3 Å². The summed E-state index contributed by atoms with van der Waals surface area (Å²) in [5, 5.41) is 8.33. The SMILES string of the molecule is CCOCc1c(CCCOc2cccc3ccccc23)c2cccc3c2n1C/C=C\COCc1nn(C)c(OC)c1-3. The molecule has 0 aliphatic carbocycles. The lowest BCUT2D eigenvalue weighted by Crippen LogP contribution is -2.07. The van der Waals surface area contributed by atoms with E-state index in [1.807, 2.05) is 14.0 Å². The Bertz CT molecular complexity index is 1690. The summed E-state index contributed by atoms with van der Waals surface area (Å²) in [5.74, 6) is 1.66. The Kier molecular flexibility index (Phi) is 8.07. The van der Waals surface area contributed by atoms with Crippen LogP contribution < -0.4 is 9.47 Å². The zero-order valence-electron chi connectivity index (χ0n) is 24.1. The van der Waals surface area contributed by atoms with E-state index < -0.39 is 0 Å². The minimum atomic E-state index is 0.415. The number of methoxy groups -OCH3 is 1. The number of para-hydroxylation sites is 1. The number of allylic oxidation sites excluding steroid dienone is 1. The Morgan fingerprint density at radius 1 is 0.976 bits per heavy atom. The van der Waals surface area contributed by atoms with Crippen molar-refractivity contribution in [2.45, 2.75) is 39.5 Å². The number of hydrogen-bond donors (Lipinski definition) is 0. The van der Waals surface area contributed by atoms with E-state index in [-0.39, 0.29) is 0 Å². The fraction of sp³-hybridized carbons (Fsp3) is 0.324. The molecule has 3 aromatic carbocycles. The van der Waals surface area contributed by atoms with Crippen LogP contribution in [0.3, 0.4) is 0 Å². The summed E-state index contributed by atoms with van der Waals surface area (Å²) in [6.07, 6.45) is 6.03. The third kappa shape index (κ3) is 5.23. The van der Waals surface area contributed by atoms with Gasteiger partial charge in [-0.3, -0.25) is 0 Å². The molecule has 3 heterocycles. The number of aromatic nitrogens is 3. The summed E-state index contributed by atoms with van der Waals surface area (Å²) in [5.41, 5.74) is 6.63. The van der Waals surface area contributed by atoms with Crippen molar-refractivity contribution in [3.05, 3.63) is 89.8 Å². The van der Waals surface area contributed by atoms with Gasteiger partial charge in [0.2, 0.25) is 5.88 Å². The molecule has 0 saturated carbocycles. The highest BCUT2D eigenvalue weighted by Crippen LogP contribution is 2.41. The molecular weight excluding hydrogens is 514 g/mol. The van der Waals surface area contributed by atoms with Gasteiger partial charge in [-0.15, -0.1) is 0 Å². The van der Waals surface area contributed by atoms with Crippen LogP contribution in [0.5, 0.6) is 11.6 Å². The molecule has 1 aliphatic heterocycles. The molecule has 0 unspecified atom stereocenters. The maximum Gasteiger partial charge on any atom is 0.219 e. The number of aryl methyl sites for hydroxylation is 2. The van der Waals surface area contributed by atoms with Gasteiger partial charge in [0.25, 0.3) is 0 Å². The Morgan fingerprint density at radius 2 is 1.80 bits per heavy atom. The molecule has 0 spiro atoms. The molecule has 2 aromatic heterocycles. The summed E-state index contributed by atoms with van der Waals surface area (Å²) in [7, 11) is 3.62. The maximum atomic E-state index is 6.32. The van der Waals surface area contributed by atoms with Crippen LogP contribution in [0.4, 0.5) is 0 Å². The van der Waals surface area contributed by atoms with Crippen LogP contribution in [0.25, 0.3) is 32.8 Å². The van der Waals surface area contributed by atoms with Crippen molar-refractivity contribution in [3.63, 3.8) is 0 Å². The Labute approximate surface area is 240 Å². The second-order valence-electron chi connectivity index (χ2n) is 10.2. The molecular formula is C34H37N3O4. The molecule has 0 radical (unpaired) electrons. The zero-order chi connectivity index (χ0) is 28.2. The van der Waals surface area contributed by atoms with Gasteiger partial charge in [0.05, 0.1) is 44.6 Å². The Hall–Kier alpha value is -4.07. The lowest BCUT2D eigenvalue weighted by molar-refractivity contribution is 0.128. The molecule has 0 saturated heterocycles. The lowest BCUT2D eigenvalue weighted by atomic mass is 9.99. The van der Waals surface area contributed by atoms with Crippen LogP contribution in [0, 0.1) is 0 Å². The predicted molar refractivity (Wildman–Crippen MR) is 163 cm³/mol. The minimum absolute atomic E-state index is 0.415. The average molecular weight is 552 g/mol. The molecule has 0 bridgehead atoms. The molecule has 6 rings (SSSR count). The van der Waals surface area contributed by atoms with Crippen LogP contribution in [0.2, 0.25) is 0 Å². The standard InChI is InChI=1S/C34H37N3O4/c1-4-39-23-30-26(17-11-21-41-31-18-9-13-24-12-5-6-14-25(24)31)27-15-10-16-28-32-29(35-36(2)34(32)38-3)22-40-20-8-7-19-37(30)33(27)28/h5-10,12-16,18H,4,11,17,19-23H2,1-3H3/b8-7-. The molecule has 7 heteroatoms. The molecule has 7 nitrogen and oxygen atoms in total. The zero-order valence-corrected chi connectivity index (χ0v) is 24.1. The topological polar surface area (TPSA) is 59.7 Å². The first kappa shape index (κ1) is 27.1. The lowest BCUT2D eigenvalue weighted by Gasteiger charge is -2.13. The second-order valence-corrected chi connectivity index (χ2v) is 10.2. The minimum Gasteiger partial charge on any atom is -0.493 e. The van der Waals surface area contributed by atoms with Crippen molar-refractivity contribution in [1.82, 2.24) is 14.3 Å². The van der Waals surface area contributed by atoms with E-state index in [1.54, 1.807) is 11.8 Å². The number of benzene rings is 3. The largest absolute Gasteiger partial charge is 0.493 e. The summed E-state index contributed by atoms with van der Waals surface area (Å²) in [4.78, 5) is 0. The van der Waals surface area contributed by atoms with Crippen molar-refractivity contribution in [2.24, 2.45) is 7.05 Å². The van der Waals surface area contributed by atoms with Crippen LogP contribution in [0.1, 0.15) is 30.3 Å². The fourth-order valence-corrected chi connectivity index (χ4v) is 5.97. The number of nitrogens with zero attached hydrogens (tertiary/aromatic N) is 3.